The van der Waals surface area contributed by atoms with Gasteiger partial charge in [-0.1, -0.05) is 11.6 Å². The van der Waals surface area contributed by atoms with Gasteiger partial charge in [-0.25, -0.2) is 0 Å². The molecule has 1 fully saturated rings. The molecule has 0 aliphatic carbocycles. The van der Waals surface area contributed by atoms with E-state index < -0.39 is 11.4 Å². The number of likely N-dealkylation sites (tertiary alicyclic amines) is 1. The normalized spacial score (nSPS) is 17.4. The Balaban J connectivity index is 2.14. The van der Waals surface area contributed by atoms with Gasteiger partial charge in [-0.2, -0.15) is 0 Å². The number of carbonyl (C=O) groups excluding carboxylic acids is 1. The van der Waals surface area contributed by atoms with Crippen molar-refractivity contribution in [3.8, 4) is 5.75 Å². The molecule has 1 saturated heterocycles. The number of piperidine rings is 1. The summed E-state index contributed by atoms with van der Waals surface area (Å²) in [6.45, 7) is 2.57. The summed E-state index contributed by atoms with van der Waals surface area (Å²) >= 11 is 5.89. The summed E-state index contributed by atoms with van der Waals surface area (Å²) in [6.07, 6.45) is 0.897. The third-order valence-corrected chi connectivity index (χ3v) is 4.30. The Morgan fingerprint density at radius 3 is 2.48 bits per heavy atom. The molecule has 114 valence electrons. The minimum atomic E-state index is -0.807. The highest BCUT2D eigenvalue weighted by Gasteiger charge is 2.38. The zero-order chi connectivity index (χ0) is 15.6. The quantitative estimate of drug-likeness (QED) is 0.932. The fourth-order valence-electron chi connectivity index (χ4n) is 2.43. The molecule has 1 amide bonds. The number of hydrogen-bond donors (Lipinski definition) is 1. The number of amides is 1. The van der Waals surface area contributed by atoms with E-state index in [0.29, 0.717) is 42.3 Å². The van der Waals surface area contributed by atoms with Gasteiger partial charge in [0.15, 0.2) is 0 Å². The second kappa shape index (κ2) is 5.93. The van der Waals surface area contributed by atoms with Crippen LogP contribution in [0.25, 0.3) is 0 Å². The summed E-state index contributed by atoms with van der Waals surface area (Å²) in [5.41, 5.74) is -0.304. The third-order valence-electron chi connectivity index (χ3n) is 4.06. The first-order chi connectivity index (χ1) is 9.87. The van der Waals surface area contributed by atoms with Crippen LogP contribution in [0.1, 0.15) is 30.1 Å². The van der Waals surface area contributed by atoms with Crippen LogP contribution >= 0.6 is 11.6 Å². The number of aliphatic carboxylic acids is 1. The standard InChI is InChI=1S/C15H18ClNO4/c1-15(14(19)20)5-7-17(8-6-15)13(18)11-4-3-10(16)9-12(11)21-2/h3-4,9H,5-8H2,1-2H3,(H,19,20). The Bertz CT molecular complexity index is 565. The Hall–Kier alpha value is -1.75. The van der Waals surface area contributed by atoms with E-state index in [0.717, 1.165) is 0 Å². The van der Waals surface area contributed by atoms with E-state index >= 15 is 0 Å². The fraction of sp³-hybridized carbons (Fsp3) is 0.467. The molecule has 5 nitrogen and oxygen atoms in total. The first-order valence-corrected chi connectivity index (χ1v) is 7.11. The molecule has 0 spiro atoms. The van der Waals surface area contributed by atoms with Crippen molar-refractivity contribution >= 4 is 23.5 Å². The summed E-state index contributed by atoms with van der Waals surface area (Å²) in [5.74, 6) is -0.534. The van der Waals surface area contributed by atoms with Crippen molar-refractivity contribution in [2.24, 2.45) is 5.41 Å². The molecule has 0 unspecified atom stereocenters. The van der Waals surface area contributed by atoms with Crippen LogP contribution in [-0.4, -0.2) is 42.1 Å². The Labute approximate surface area is 128 Å². The number of methoxy groups -OCH3 is 1. The van der Waals surface area contributed by atoms with Crippen LogP contribution in [0.3, 0.4) is 0 Å². The van der Waals surface area contributed by atoms with Gasteiger partial charge in [-0.3, -0.25) is 9.59 Å². The van der Waals surface area contributed by atoms with Crippen molar-refractivity contribution in [1.29, 1.82) is 0 Å². The fourth-order valence-corrected chi connectivity index (χ4v) is 2.59. The molecule has 0 aromatic heterocycles. The van der Waals surface area contributed by atoms with Crippen LogP contribution in [0, 0.1) is 5.41 Å². The molecule has 1 aliphatic heterocycles. The monoisotopic (exact) mass is 311 g/mol. The van der Waals surface area contributed by atoms with Crippen LogP contribution in [0.5, 0.6) is 5.75 Å². The lowest BCUT2D eigenvalue weighted by Gasteiger charge is -2.36. The lowest BCUT2D eigenvalue weighted by Crippen LogP contribution is -2.45. The molecular weight excluding hydrogens is 294 g/mol. The Kier molecular flexibility index (Phi) is 4.42. The van der Waals surface area contributed by atoms with Crippen LogP contribution in [0.2, 0.25) is 5.02 Å². The summed E-state index contributed by atoms with van der Waals surface area (Å²) in [7, 11) is 1.49. The zero-order valence-corrected chi connectivity index (χ0v) is 12.8. The molecule has 6 heteroatoms. The number of nitrogens with zero attached hydrogens (tertiary/aromatic N) is 1. The number of carboxylic acid groups (broad SMARTS) is 1. The maximum Gasteiger partial charge on any atom is 0.309 e. The summed E-state index contributed by atoms with van der Waals surface area (Å²) in [6, 6.07) is 4.87. The number of hydrogen-bond acceptors (Lipinski definition) is 3. The second-order valence-corrected chi connectivity index (χ2v) is 5.94. The molecule has 2 rings (SSSR count). The van der Waals surface area contributed by atoms with Gasteiger partial charge in [0, 0.05) is 18.1 Å². The molecule has 1 N–H and O–H groups in total. The lowest BCUT2D eigenvalue weighted by molar-refractivity contribution is -0.150. The van der Waals surface area contributed by atoms with Crippen LogP contribution in [-0.2, 0) is 4.79 Å². The zero-order valence-electron chi connectivity index (χ0n) is 12.1. The van der Waals surface area contributed by atoms with E-state index in [4.69, 9.17) is 16.3 Å². The van der Waals surface area contributed by atoms with Crippen molar-refractivity contribution in [2.45, 2.75) is 19.8 Å². The molecule has 0 saturated carbocycles. The van der Waals surface area contributed by atoms with Gasteiger partial charge in [0.2, 0.25) is 0 Å². The highest BCUT2D eigenvalue weighted by atomic mass is 35.5. The van der Waals surface area contributed by atoms with Crippen molar-refractivity contribution < 1.29 is 19.4 Å². The molecule has 0 radical (unpaired) electrons. The molecule has 21 heavy (non-hydrogen) atoms. The number of rotatable bonds is 3. The summed E-state index contributed by atoms with van der Waals surface area (Å²) in [4.78, 5) is 25.4. The van der Waals surface area contributed by atoms with Crippen LogP contribution in [0.15, 0.2) is 18.2 Å². The van der Waals surface area contributed by atoms with E-state index in [1.54, 1.807) is 30.0 Å². The average Bonchev–Trinajstić information content (AvgIpc) is 2.47. The van der Waals surface area contributed by atoms with Crippen molar-refractivity contribution in [2.75, 3.05) is 20.2 Å². The van der Waals surface area contributed by atoms with Crippen molar-refractivity contribution in [3.05, 3.63) is 28.8 Å². The maximum atomic E-state index is 12.5. The van der Waals surface area contributed by atoms with Crippen molar-refractivity contribution in [3.63, 3.8) is 0 Å². The van der Waals surface area contributed by atoms with Gasteiger partial charge >= 0.3 is 5.97 Å². The van der Waals surface area contributed by atoms with E-state index in [-0.39, 0.29) is 5.91 Å². The van der Waals surface area contributed by atoms with Crippen molar-refractivity contribution in [1.82, 2.24) is 4.90 Å². The highest BCUT2D eigenvalue weighted by Crippen LogP contribution is 2.32. The Morgan fingerprint density at radius 2 is 1.95 bits per heavy atom. The first-order valence-electron chi connectivity index (χ1n) is 6.73. The molecule has 1 aliphatic rings. The number of carbonyl (C=O) groups is 2. The van der Waals surface area contributed by atoms with E-state index in [1.807, 2.05) is 0 Å². The predicted octanol–water partition coefficient (Wildman–Crippen LogP) is 2.68. The molecule has 0 atom stereocenters. The van der Waals surface area contributed by atoms with Gasteiger partial charge in [-0.15, -0.1) is 0 Å². The lowest BCUT2D eigenvalue weighted by atomic mass is 9.80. The van der Waals surface area contributed by atoms with Crippen LogP contribution < -0.4 is 4.74 Å². The molecular formula is C15H18ClNO4. The minimum Gasteiger partial charge on any atom is -0.496 e. The van der Waals surface area contributed by atoms with Gasteiger partial charge in [0.25, 0.3) is 5.91 Å². The molecule has 1 aromatic carbocycles. The highest BCUT2D eigenvalue weighted by molar-refractivity contribution is 6.30. The predicted molar refractivity (Wildman–Crippen MR) is 78.9 cm³/mol. The topological polar surface area (TPSA) is 66.8 Å². The Morgan fingerprint density at radius 1 is 1.33 bits per heavy atom. The maximum absolute atomic E-state index is 12.5. The van der Waals surface area contributed by atoms with Gasteiger partial charge in [-0.05, 0) is 38.0 Å². The largest absolute Gasteiger partial charge is 0.496 e. The number of carboxylic acids is 1. The van der Waals surface area contributed by atoms with Gasteiger partial charge < -0.3 is 14.7 Å². The smallest absolute Gasteiger partial charge is 0.309 e. The number of ether oxygens (including phenoxy) is 1. The molecule has 0 bridgehead atoms. The summed E-state index contributed by atoms with van der Waals surface area (Å²) < 4.78 is 5.19. The van der Waals surface area contributed by atoms with E-state index in [9.17, 15) is 14.7 Å². The number of halogens is 1. The van der Waals surface area contributed by atoms with E-state index in [1.165, 1.54) is 7.11 Å². The first kappa shape index (κ1) is 15.6. The van der Waals surface area contributed by atoms with E-state index in [2.05, 4.69) is 0 Å². The minimum absolute atomic E-state index is 0.157. The van der Waals surface area contributed by atoms with Gasteiger partial charge in [0.05, 0.1) is 18.1 Å². The van der Waals surface area contributed by atoms with Gasteiger partial charge in [0.1, 0.15) is 5.75 Å². The number of benzene rings is 1. The van der Waals surface area contributed by atoms with Crippen LogP contribution in [0.4, 0.5) is 0 Å². The SMILES string of the molecule is COc1cc(Cl)ccc1C(=O)N1CCC(C)(C(=O)O)CC1. The molecule has 1 aromatic rings. The average molecular weight is 312 g/mol. The summed E-state index contributed by atoms with van der Waals surface area (Å²) in [5, 5.41) is 9.71. The second-order valence-electron chi connectivity index (χ2n) is 5.50. The molecule has 1 heterocycles. The third kappa shape index (κ3) is 3.13.